The van der Waals surface area contributed by atoms with Gasteiger partial charge < -0.3 is 4.52 Å². The number of hydrogen-bond acceptors (Lipinski definition) is 5. The molecule has 2 fully saturated rings. The number of pyridine rings is 1. The molecule has 3 aromatic rings. The molecule has 27 heavy (non-hydrogen) atoms. The van der Waals surface area contributed by atoms with E-state index in [1.807, 2.05) is 24.3 Å². The number of halogens is 1. The molecule has 0 unspecified atom stereocenters. The van der Waals surface area contributed by atoms with Crippen molar-refractivity contribution >= 4 is 11.6 Å². The summed E-state index contributed by atoms with van der Waals surface area (Å²) in [6, 6.07) is 13.1. The monoisotopic (exact) mass is 380 g/mol. The van der Waals surface area contributed by atoms with Crippen molar-refractivity contribution in [3.63, 3.8) is 0 Å². The van der Waals surface area contributed by atoms with E-state index in [0.717, 1.165) is 22.9 Å². The molecule has 2 aromatic heterocycles. The van der Waals surface area contributed by atoms with Crippen molar-refractivity contribution < 1.29 is 4.52 Å². The molecule has 0 N–H and O–H groups in total. The molecule has 1 aromatic carbocycles. The third-order valence-corrected chi connectivity index (χ3v) is 6.48. The maximum absolute atomic E-state index is 6.11. The molecule has 0 aliphatic carbocycles. The molecular formula is C21H21ClN4O. The number of benzene rings is 1. The van der Waals surface area contributed by atoms with E-state index >= 15 is 0 Å². The van der Waals surface area contributed by atoms with E-state index in [1.165, 1.54) is 18.4 Å². The van der Waals surface area contributed by atoms with Gasteiger partial charge in [0.1, 0.15) is 0 Å². The van der Waals surface area contributed by atoms with Crippen molar-refractivity contribution in [3.05, 3.63) is 65.3 Å². The van der Waals surface area contributed by atoms with Crippen LogP contribution in [0.15, 0.2) is 53.3 Å². The summed E-state index contributed by atoms with van der Waals surface area (Å²) in [5, 5.41) is 5.03. The van der Waals surface area contributed by atoms with Gasteiger partial charge in [-0.15, -0.1) is 0 Å². The van der Waals surface area contributed by atoms with Crippen LogP contribution in [0.3, 0.4) is 0 Å². The number of aromatic nitrogens is 3. The van der Waals surface area contributed by atoms with Gasteiger partial charge in [-0.1, -0.05) is 28.9 Å². The molecule has 5 rings (SSSR count). The average molecular weight is 381 g/mol. The van der Waals surface area contributed by atoms with Crippen LogP contribution >= 0.6 is 11.6 Å². The van der Waals surface area contributed by atoms with Crippen LogP contribution in [-0.2, 0) is 0 Å². The normalized spacial score (nSPS) is 27.8. The molecule has 2 aliphatic rings. The Morgan fingerprint density at radius 2 is 1.85 bits per heavy atom. The molecule has 6 heteroatoms. The fraction of sp³-hybridized carbons (Fsp3) is 0.381. The van der Waals surface area contributed by atoms with E-state index in [4.69, 9.17) is 21.1 Å². The second-order valence-corrected chi connectivity index (χ2v) is 8.01. The van der Waals surface area contributed by atoms with Crippen molar-refractivity contribution in [2.75, 3.05) is 7.05 Å². The molecule has 2 saturated heterocycles. The summed E-state index contributed by atoms with van der Waals surface area (Å²) in [5.74, 6) is 1.92. The summed E-state index contributed by atoms with van der Waals surface area (Å²) in [6.45, 7) is 0. The van der Waals surface area contributed by atoms with Crippen molar-refractivity contribution in [1.29, 1.82) is 0 Å². The highest BCUT2D eigenvalue weighted by Crippen LogP contribution is 2.50. The summed E-state index contributed by atoms with van der Waals surface area (Å²) >= 11 is 6.11. The molecule has 2 bridgehead atoms. The second kappa shape index (κ2) is 6.73. The number of piperidine rings is 1. The van der Waals surface area contributed by atoms with Crippen LogP contribution in [0.5, 0.6) is 0 Å². The van der Waals surface area contributed by atoms with Gasteiger partial charge in [-0.05, 0) is 62.1 Å². The van der Waals surface area contributed by atoms with Gasteiger partial charge in [0, 0.05) is 35.1 Å². The highest BCUT2D eigenvalue weighted by molar-refractivity contribution is 6.30. The average Bonchev–Trinajstić information content (AvgIpc) is 3.26. The van der Waals surface area contributed by atoms with Gasteiger partial charge in [0.15, 0.2) is 0 Å². The first-order valence-corrected chi connectivity index (χ1v) is 9.80. The number of rotatable bonds is 3. The minimum Gasteiger partial charge on any atom is -0.339 e. The fourth-order valence-corrected chi connectivity index (χ4v) is 4.97. The second-order valence-electron chi connectivity index (χ2n) is 7.58. The maximum Gasteiger partial charge on any atom is 0.232 e. The predicted molar refractivity (Wildman–Crippen MR) is 104 cm³/mol. The highest BCUT2D eigenvalue weighted by Gasteiger charge is 2.48. The van der Waals surface area contributed by atoms with Gasteiger partial charge in [0.05, 0.1) is 5.92 Å². The zero-order valence-electron chi connectivity index (χ0n) is 15.1. The largest absolute Gasteiger partial charge is 0.339 e. The molecule has 138 valence electrons. The lowest BCUT2D eigenvalue weighted by atomic mass is 9.76. The molecule has 0 radical (unpaired) electrons. The molecule has 5 nitrogen and oxygen atoms in total. The Labute approximate surface area is 163 Å². The lowest BCUT2D eigenvalue weighted by molar-refractivity contribution is 0.120. The fourth-order valence-electron chi connectivity index (χ4n) is 4.85. The molecule has 4 atom stereocenters. The molecular weight excluding hydrogens is 360 g/mol. The first-order valence-electron chi connectivity index (χ1n) is 9.42. The van der Waals surface area contributed by atoms with Gasteiger partial charge in [-0.25, -0.2) is 0 Å². The van der Waals surface area contributed by atoms with Crippen LogP contribution in [0, 0.1) is 0 Å². The molecule has 2 aliphatic heterocycles. The summed E-state index contributed by atoms with van der Waals surface area (Å²) in [5.41, 5.74) is 2.23. The Kier molecular flexibility index (Phi) is 4.21. The van der Waals surface area contributed by atoms with Gasteiger partial charge in [-0.3, -0.25) is 9.88 Å². The Morgan fingerprint density at radius 1 is 1.07 bits per heavy atom. The summed E-state index contributed by atoms with van der Waals surface area (Å²) in [4.78, 5) is 11.4. The SMILES string of the molecule is CN1[C@H]2CC[C@@H]1[C@H](c1nc(-c3ccncc3)no1)[C@@H](c1ccc(Cl)cc1)C2. The quantitative estimate of drug-likeness (QED) is 0.668. The molecule has 0 spiro atoms. The van der Waals surface area contributed by atoms with Crippen molar-refractivity contribution in [2.45, 2.75) is 43.2 Å². The molecule has 0 amide bonds. The van der Waals surface area contributed by atoms with Crippen molar-refractivity contribution in [3.8, 4) is 11.4 Å². The van der Waals surface area contributed by atoms with Crippen LogP contribution in [0.2, 0.25) is 5.02 Å². The van der Waals surface area contributed by atoms with Crippen LogP contribution in [0.25, 0.3) is 11.4 Å². The van der Waals surface area contributed by atoms with Crippen molar-refractivity contribution in [1.82, 2.24) is 20.0 Å². The summed E-state index contributed by atoms with van der Waals surface area (Å²) < 4.78 is 5.80. The van der Waals surface area contributed by atoms with Crippen LogP contribution < -0.4 is 0 Å². The summed E-state index contributed by atoms with van der Waals surface area (Å²) in [7, 11) is 2.23. The zero-order chi connectivity index (χ0) is 18.4. The van der Waals surface area contributed by atoms with Gasteiger partial charge in [0.25, 0.3) is 0 Å². The van der Waals surface area contributed by atoms with Gasteiger partial charge in [0.2, 0.25) is 11.7 Å². The van der Waals surface area contributed by atoms with E-state index in [-0.39, 0.29) is 5.92 Å². The third-order valence-electron chi connectivity index (χ3n) is 6.23. The minimum absolute atomic E-state index is 0.193. The third kappa shape index (κ3) is 2.95. The minimum atomic E-state index is 0.193. The maximum atomic E-state index is 6.11. The Balaban J connectivity index is 1.54. The zero-order valence-corrected chi connectivity index (χ0v) is 15.9. The highest BCUT2D eigenvalue weighted by atomic mass is 35.5. The van der Waals surface area contributed by atoms with Gasteiger partial charge >= 0.3 is 0 Å². The Bertz CT molecular complexity index is 927. The molecule has 0 saturated carbocycles. The predicted octanol–water partition coefficient (Wildman–Crippen LogP) is 4.52. The lowest BCUT2D eigenvalue weighted by Crippen LogP contribution is -2.44. The lowest BCUT2D eigenvalue weighted by Gasteiger charge is -2.41. The van der Waals surface area contributed by atoms with Gasteiger partial charge in [-0.2, -0.15) is 4.98 Å². The van der Waals surface area contributed by atoms with Crippen LogP contribution in [-0.4, -0.2) is 39.2 Å². The standard InChI is InChI=1S/C21H21ClN4O/c1-26-16-6-7-18(26)19(17(12-16)13-2-4-15(22)5-3-13)21-24-20(25-27-21)14-8-10-23-11-9-14/h2-5,8-11,16-19H,6-7,12H2,1H3/t16-,17+,18+,19+/m0/s1. The first-order chi connectivity index (χ1) is 13.2. The number of likely N-dealkylation sites (N-methyl/N-ethyl adjacent to an activating group) is 1. The first kappa shape index (κ1) is 16.9. The summed E-state index contributed by atoms with van der Waals surface area (Å²) in [6.07, 6.45) is 7.00. The molecule has 4 heterocycles. The van der Waals surface area contributed by atoms with E-state index < -0.39 is 0 Å². The number of fused-ring (bicyclic) bond motifs is 2. The van der Waals surface area contributed by atoms with E-state index in [2.05, 4.69) is 34.2 Å². The van der Waals surface area contributed by atoms with E-state index in [1.54, 1.807) is 12.4 Å². The smallest absolute Gasteiger partial charge is 0.232 e. The van der Waals surface area contributed by atoms with Crippen molar-refractivity contribution in [2.24, 2.45) is 0 Å². The Hall–Kier alpha value is -2.24. The van der Waals surface area contributed by atoms with E-state index in [0.29, 0.717) is 23.8 Å². The van der Waals surface area contributed by atoms with Crippen LogP contribution in [0.1, 0.15) is 42.6 Å². The Morgan fingerprint density at radius 3 is 2.63 bits per heavy atom. The topological polar surface area (TPSA) is 55.1 Å². The number of nitrogens with zero attached hydrogens (tertiary/aromatic N) is 4. The number of hydrogen-bond donors (Lipinski definition) is 0. The van der Waals surface area contributed by atoms with Crippen LogP contribution in [0.4, 0.5) is 0 Å². The van der Waals surface area contributed by atoms with E-state index in [9.17, 15) is 0 Å².